The normalized spacial score (nSPS) is 17.7. The number of hydrogen-bond acceptors (Lipinski definition) is 5. The maximum atomic E-state index is 12.9. The van der Waals surface area contributed by atoms with Gasteiger partial charge in [0.15, 0.2) is 5.78 Å². The number of carbonyl (C=O) groups is 2. The molecule has 10 heteroatoms. The monoisotopic (exact) mass is 472 g/mol. The minimum Gasteiger partial charge on any atom is -0.381 e. The van der Waals surface area contributed by atoms with Crippen LogP contribution in [0.25, 0.3) is 10.9 Å². The Morgan fingerprint density at radius 1 is 1.09 bits per heavy atom. The first-order valence-electron chi connectivity index (χ1n) is 11.1. The molecule has 2 fully saturated rings. The van der Waals surface area contributed by atoms with Crippen LogP contribution in [0.1, 0.15) is 34.6 Å². The van der Waals surface area contributed by atoms with E-state index in [0.717, 1.165) is 50.6 Å². The average molecular weight is 472 g/mol. The van der Waals surface area contributed by atoms with Gasteiger partial charge in [-0.05, 0) is 42.7 Å². The van der Waals surface area contributed by atoms with Crippen molar-refractivity contribution < 1.29 is 27.5 Å². The van der Waals surface area contributed by atoms with Crippen LogP contribution in [0.3, 0.4) is 0 Å². The van der Waals surface area contributed by atoms with E-state index in [1.807, 2.05) is 4.90 Å². The van der Waals surface area contributed by atoms with Crippen molar-refractivity contribution in [2.75, 3.05) is 26.3 Å². The molecule has 0 bridgehead atoms. The van der Waals surface area contributed by atoms with E-state index in [-0.39, 0.29) is 30.0 Å². The summed E-state index contributed by atoms with van der Waals surface area (Å²) in [4.78, 5) is 30.5. The van der Waals surface area contributed by atoms with Crippen molar-refractivity contribution >= 4 is 22.6 Å². The summed E-state index contributed by atoms with van der Waals surface area (Å²) >= 11 is 0. The number of Topliss-reactive ketones (excluding diaryl/α,β-unsaturated/α-hetero) is 1. The topological polar surface area (TPSA) is 77.3 Å². The molecule has 34 heavy (non-hydrogen) atoms. The molecule has 2 aromatic heterocycles. The summed E-state index contributed by atoms with van der Waals surface area (Å²) in [6, 6.07) is 8.49. The summed E-state index contributed by atoms with van der Waals surface area (Å²) in [6.45, 7) is 3.14. The van der Waals surface area contributed by atoms with Crippen LogP contribution in [-0.2, 0) is 28.7 Å². The van der Waals surface area contributed by atoms with E-state index in [1.165, 1.54) is 12.1 Å². The summed E-state index contributed by atoms with van der Waals surface area (Å²) in [6.07, 6.45) is -0.982. The molecule has 0 aliphatic carbocycles. The maximum absolute atomic E-state index is 12.9. The summed E-state index contributed by atoms with van der Waals surface area (Å²) < 4.78 is 45.6. The van der Waals surface area contributed by atoms with Crippen molar-refractivity contribution in [3.8, 4) is 0 Å². The summed E-state index contributed by atoms with van der Waals surface area (Å²) in [5.74, 6) is -0.496. The van der Waals surface area contributed by atoms with E-state index in [2.05, 4.69) is 10.1 Å². The lowest BCUT2D eigenvalue weighted by atomic mass is 9.73. The van der Waals surface area contributed by atoms with Gasteiger partial charge in [-0.25, -0.2) is 4.98 Å². The van der Waals surface area contributed by atoms with Crippen molar-refractivity contribution in [2.45, 2.75) is 32.0 Å². The third-order valence-electron chi connectivity index (χ3n) is 6.56. The lowest BCUT2D eigenvalue weighted by molar-refractivity contribution is -0.151. The van der Waals surface area contributed by atoms with Crippen LogP contribution in [0.15, 0.2) is 42.6 Å². The number of fused-ring (bicyclic) bond motifs is 1. The number of rotatable bonds is 5. The quantitative estimate of drug-likeness (QED) is 0.531. The van der Waals surface area contributed by atoms with Crippen LogP contribution in [-0.4, -0.2) is 57.7 Å². The number of carbonyl (C=O) groups excluding carboxylic acids is 2. The third-order valence-corrected chi connectivity index (χ3v) is 6.56. The number of alkyl halides is 3. The first kappa shape index (κ1) is 22.5. The number of pyridine rings is 1. The fourth-order valence-corrected chi connectivity index (χ4v) is 4.64. The Kier molecular flexibility index (Phi) is 5.63. The van der Waals surface area contributed by atoms with Crippen molar-refractivity contribution in [3.63, 3.8) is 0 Å². The molecule has 4 heterocycles. The molecule has 3 aromatic rings. The van der Waals surface area contributed by atoms with E-state index >= 15 is 0 Å². The Balaban J connectivity index is 1.23. The van der Waals surface area contributed by atoms with Crippen LogP contribution in [0, 0.1) is 5.41 Å². The van der Waals surface area contributed by atoms with Gasteiger partial charge in [0.1, 0.15) is 17.9 Å². The minimum atomic E-state index is -4.61. The Hall–Kier alpha value is -3.27. The Morgan fingerprint density at radius 3 is 2.59 bits per heavy atom. The molecule has 1 aromatic carbocycles. The second-order valence-corrected chi connectivity index (χ2v) is 9.09. The molecule has 0 radical (unpaired) electrons. The van der Waals surface area contributed by atoms with Gasteiger partial charge in [-0.15, -0.1) is 0 Å². The Morgan fingerprint density at radius 2 is 1.85 bits per heavy atom. The maximum Gasteiger partial charge on any atom is 0.433 e. The van der Waals surface area contributed by atoms with Crippen LogP contribution < -0.4 is 0 Å². The van der Waals surface area contributed by atoms with E-state index < -0.39 is 17.7 Å². The molecule has 2 aliphatic heterocycles. The molecule has 0 unspecified atom stereocenters. The predicted molar refractivity (Wildman–Crippen MR) is 116 cm³/mol. The number of likely N-dealkylation sites (tertiary alicyclic amines) is 1. The Labute approximate surface area is 193 Å². The standard InChI is InChI=1S/C24H23F3N4O3/c25-24(26,27)21-3-1-2-19(28-21)20(32)11-16-4-5-18-17(10-16)12-31(29-18)13-22(33)30-14-23(15-30)6-8-34-9-7-23/h1-5,10,12H,6-9,11,13-15H2. The first-order chi connectivity index (χ1) is 16.2. The number of nitrogens with zero attached hydrogens (tertiary/aromatic N) is 4. The fourth-order valence-electron chi connectivity index (χ4n) is 4.64. The van der Waals surface area contributed by atoms with Gasteiger partial charge in [0.2, 0.25) is 5.91 Å². The predicted octanol–water partition coefficient (Wildman–Crippen LogP) is 3.51. The first-order valence-corrected chi connectivity index (χ1v) is 11.1. The van der Waals surface area contributed by atoms with Gasteiger partial charge in [-0.3, -0.25) is 14.3 Å². The number of halogens is 3. The van der Waals surface area contributed by atoms with Crippen LogP contribution >= 0.6 is 0 Å². The zero-order valence-electron chi connectivity index (χ0n) is 18.3. The van der Waals surface area contributed by atoms with Gasteiger partial charge in [0, 0.05) is 49.7 Å². The fraction of sp³-hybridized carbons (Fsp3) is 0.417. The zero-order valence-corrected chi connectivity index (χ0v) is 18.3. The zero-order chi connectivity index (χ0) is 23.9. The van der Waals surface area contributed by atoms with Crippen molar-refractivity contribution in [1.29, 1.82) is 0 Å². The minimum absolute atomic E-state index is 0.0101. The van der Waals surface area contributed by atoms with E-state index in [4.69, 9.17) is 4.74 Å². The lowest BCUT2D eigenvalue weighted by Gasteiger charge is -2.52. The molecule has 0 atom stereocenters. The molecule has 1 amide bonds. The Bertz CT molecular complexity index is 1240. The molecule has 2 aliphatic rings. The number of benzene rings is 1. The number of ether oxygens (including phenoxy) is 1. The molecule has 5 rings (SSSR count). The van der Waals surface area contributed by atoms with E-state index in [9.17, 15) is 22.8 Å². The summed E-state index contributed by atoms with van der Waals surface area (Å²) in [5, 5.41) is 5.19. The molecule has 0 N–H and O–H groups in total. The van der Waals surface area contributed by atoms with Crippen LogP contribution in [0.2, 0.25) is 0 Å². The number of hydrogen-bond donors (Lipinski definition) is 0. The molecule has 178 valence electrons. The average Bonchev–Trinajstić information content (AvgIpc) is 3.19. The van der Waals surface area contributed by atoms with Gasteiger partial charge in [0.05, 0.1) is 5.52 Å². The number of amides is 1. The summed E-state index contributed by atoms with van der Waals surface area (Å²) in [5.41, 5.74) is 0.189. The number of ketones is 1. The van der Waals surface area contributed by atoms with Crippen molar-refractivity contribution in [1.82, 2.24) is 19.7 Å². The highest BCUT2D eigenvalue weighted by atomic mass is 19.4. The molecule has 0 saturated carbocycles. The third kappa shape index (κ3) is 4.54. The molecular weight excluding hydrogens is 449 g/mol. The highest BCUT2D eigenvalue weighted by Gasteiger charge is 2.45. The van der Waals surface area contributed by atoms with Crippen molar-refractivity contribution in [2.24, 2.45) is 5.41 Å². The van der Waals surface area contributed by atoms with E-state index in [1.54, 1.807) is 29.1 Å². The van der Waals surface area contributed by atoms with Gasteiger partial charge < -0.3 is 9.64 Å². The highest BCUT2D eigenvalue weighted by Crippen LogP contribution is 2.39. The van der Waals surface area contributed by atoms with Crippen LogP contribution in [0.5, 0.6) is 0 Å². The summed E-state index contributed by atoms with van der Waals surface area (Å²) in [7, 11) is 0. The molecule has 2 saturated heterocycles. The van der Waals surface area contributed by atoms with Gasteiger partial charge >= 0.3 is 6.18 Å². The van der Waals surface area contributed by atoms with Gasteiger partial charge in [-0.1, -0.05) is 12.1 Å². The molecule has 1 spiro atoms. The SMILES string of the molecule is O=C(Cc1ccc2nn(CC(=O)N3CC4(CCOCC4)C3)cc2c1)c1cccc(C(F)(F)F)n1. The lowest BCUT2D eigenvalue weighted by Crippen LogP contribution is -2.60. The molecule has 7 nitrogen and oxygen atoms in total. The number of aromatic nitrogens is 3. The van der Waals surface area contributed by atoms with E-state index in [0.29, 0.717) is 11.1 Å². The van der Waals surface area contributed by atoms with Crippen molar-refractivity contribution in [3.05, 3.63) is 59.5 Å². The molecular formula is C24H23F3N4O3. The second-order valence-electron chi connectivity index (χ2n) is 9.09. The van der Waals surface area contributed by atoms with Crippen LogP contribution in [0.4, 0.5) is 13.2 Å². The highest BCUT2D eigenvalue weighted by molar-refractivity contribution is 5.96. The van der Waals surface area contributed by atoms with Gasteiger partial charge in [0.25, 0.3) is 0 Å². The largest absolute Gasteiger partial charge is 0.433 e. The smallest absolute Gasteiger partial charge is 0.381 e. The second kappa shape index (κ2) is 8.50. The van der Waals surface area contributed by atoms with Gasteiger partial charge in [-0.2, -0.15) is 18.3 Å².